The third-order valence-corrected chi connectivity index (χ3v) is 3.03. The maximum atomic E-state index is 11.2. The summed E-state index contributed by atoms with van der Waals surface area (Å²) < 4.78 is 15.9. The molecule has 0 aliphatic heterocycles. The Labute approximate surface area is 128 Å². The minimum atomic E-state index is -0.0668. The fourth-order valence-electron chi connectivity index (χ4n) is 1.90. The average Bonchev–Trinajstić information content (AvgIpc) is 3.01. The number of carbonyl (C=O) groups is 1. The van der Waals surface area contributed by atoms with Gasteiger partial charge in [0.2, 0.25) is 17.6 Å². The molecule has 7 heteroatoms. The van der Waals surface area contributed by atoms with Crippen LogP contribution in [0.15, 0.2) is 22.7 Å². The number of amides is 1. The zero-order valence-corrected chi connectivity index (χ0v) is 12.9. The molecule has 1 amide bonds. The Balaban J connectivity index is 2.16. The highest BCUT2D eigenvalue weighted by molar-refractivity contribution is 5.75. The monoisotopic (exact) mass is 305 g/mol. The van der Waals surface area contributed by atoms with Gasteiger partial charge in [-0.05, 0) is 25.1 Å². The molecule has 1 aromatic heterocycles. The summed E-state index contributed by atoms with van der Waals surface area (Å²) in [5, 5.41) is 6.48. The number of hydrogen-bond acceptors (Lipinski definition) is 6. The second-order valence-corrected chi connectivity index (χ2v) is 4.48. The molecule has 0 saturated heterocycles. The van der Waals surface area contributed by atoms with E-state index in [9.17, 15) is 4.79 Å². The Kier molecular flexibility index (Phi) is 5.35. The van der Waals surface area contributed by atoms with E-state index in [0.717, 1.165) is 5.56 Å². The molecular formula is C15H19N3O4. The Hall–Kier alpha value is -2.57. The zero-order chi connectivity index (χ0) is 15.9. The maximum Gasteiger partial charge on any atom is 0.227 e. The summed E-state index contributed by atoms with van der Waals surface area (Å²) in [5.74, 6) is 2.08. The molecule has 0 saturated carbocycles. The van der Waals surface area contributed by atoms with Gasteiger partial charge in [0, 0.05) is 25.5 Å². The summed E-state index contributed by atoms with van der Waals surface area (Å²) in [7, 11) is 3.18. The van der Waals surface area contributed by atoms with Crippen LogP contribution in [0.4, 0.5) is 0 Å². The van der Waals surface area contributed by atoms with Crippen molar-refractivity contribution in [2.24, 2.45) is 0 Å². The first-order valence-corrected chi connectivity index (χ1v) is 7.02. The summed E-state index contributed by atoms with van der Waals surface area (Å²) in [6.07, 6.45) is 0.714. The lowest BCUT2D eigenvalue weighted by atomic mass is 10.2. The Bertz CT molecular complexity index is 639. The maximum absolute atomic E-state index is 11.2. The number of nitrogens with one attached hydrogen (secondary N) is 1. The second kappa shape index (κ2) is 7.44. The van der Waals surface area contributed by atoms with Gasteiger partial charge in [-0.2, -0.15) is 4.98 Å². The predicted molar refractivity (Wildman–Crippen MR) is 79.8 cm³/mol. The third kappa shape index (κ3) is 3.75. The Morgan fingerprint density at radius 3 is 2.86 bits per heavy atom. The van der Waals surface area contributed by atoms with E-state index >= 15 is 0 Å². The van der Waals surface area contributed by atoms with E-state index in [-0.39, 0.29) is 5.91 Å². The number of nitrogens with zero attached hydrogens (tertiary/aromatic N) is 2. The fraction of sp³-hybridized carbons (Fsp3) is 0.400. The second-order valence-electron chi connectivity index (χ2n) is 4.48. The minimum Gasteiger partial charge on any atom is -0.493 e. The molecule has 0 aliphatic carbocycles. The van der Waals surface area contributed by atoms with Gasteiger partial charge in [-0.15, -0.1) is 0 Å². The minimum absolute atomic E-state index is 0.0668. The highest BCUT2D eigenvalue weighted by atomic mass is 16.5. The van der Waals surface area contributed by atoms with Crippen LogP contribution in [0, 0.1) is 0 Å². The van der Waals surface area contributed by atoms with Crippen LogP contribution in [0.5, 0.6) is 11.5 Å². The first-order valence-electron chi connectivity index (χ1n) is 7.02. The van der Waals surface area contributed by atoms with Crippen molar-refractivity contribution in [1.82, 2.24) is 15.5 Å². The van der Waals surface area contributed by atoms with E-state index in [4.69, 9.17) is 14.0 Å². The molecule has 118 valence electrons. The Morgan fingerprint density at radius 1 is 1.36 bits per heavy atom. The summed E-state index contributed by atoms with van der Waals surface area (Å²) in [6.45, 7) is 2.43. The molecule has 7 nitrogen and oxygen atoms in total. The quantitative estimate of drug-likeness (QED) is 0.839. The Morgan fingerprint density at radius 2 is 2.18 bits per heavy atom. The van der Waals surface area contributed by atoms with Gasteiger partial charge >= 0.3 is 0 Å². The smallest absolute Gasteiger partial charge is 0.227 e. The van der Waals surface area contributed by atoms with Crippen LogP contribution in [-0.2, 0) is 11.2 Å². The predicted octanol–water partition coefficient (Wildman–Crippen LogP) is 1.82. The molecule has 2 aromatic rings. The molecule has 0 spiro atoms. The van der Waals surface area contributed by atoms with Crippen molar-refractivity contribution in [2.75, 3.05) is 20.8 Å². The van der Waals surface area contributed by atoms with Crippen molar-refractivity contribution >= 4 is 5.91 Å². The summed E-state index contributed by atoms with van der Waals surface area (Å²) in [6, 6.07) is 5.42. The molecular weight excluding hydrogens is 286 g/mol. The van der Waals surface area contributed by atoms with E-state index in [1.807, 2.05) is 13.0 Å². The third-order valence-electron chi connectivity index (χ3n) is 3.03. The van der Waals surface area contributed by atoms with Gasteiger partial charge in [0.25, 0.3) is 0 Å². The van der Waals surface area contributed by atoms with E-state index < -0.39 is 0 Å². The van der Waals surface area contributed by atoms with Crippen LogP contribution < -0.4 is 14.8 Å². The molecule has 2 rings (SSSR count). The van der Waals surface area contributed by atoms with E-state index in [1.54, 1.807) is 26.3 Å². The number of carbonyl (C=O) groups excluding carboxylic acids is 1. The van der Waals surface area contributed by atoms with Gasteiger partial charge in [0.1, 0.15) is 0 Å². The number of methoxy groups -OCH3 is 1. The van der Waals surface area contributed by atoms with Gasteiger partial charge in [0.15, 0.2) is 11.5 Å². The van der Waals surface area contributed by atoms with Gasteiger partial charge in [-0.3, -0.25) is 4.79 Å². The number of benzene rings is 1. The number of aromatic nitrogens is 2. The molecule has 0 fully saturated rings. The van der Waals surface area contributed by atoms with Crippen molar-refractivity contribution in [2.45, 2.75) is 19.8 Å². The summed E-state index contributed by atoms with van der Waals surface area (Å²) >= 11 is 0. The lowest BCUT2D eigenvalue weighted by molar-refractivity contribution is -0.120. The van der Waals surface area contributed by atoms with Crippen LogP contribution in [0.1, 0.15) is 19.2 Å². The molecule has 22 heavy (non-hydrogen) atoms. The summed E-state index contributed by atoms with van der Waals surface area (Å²) in [4.78, 5) is 15.5. The SMILES string of the molecule is CCOc1cc(-c2noc(CCC(=O)NC)n2)ccc1OC. The normalized spacial score (nSPS) is 10.3. The summed E-state index contributed by atoms with van der Waals surface area (Å²) in [5.41, 5.74) is 0.763. The highest BCUT2D eigenvalue weighted by Gasteiger charge is 2.13. The molecule has 1 aromatic carbocycles. The van der Waals surface area contributed by atoms with Crippen LogP contribution in [0.3, 0.4) is 0 Å². The van der Waals surface area contributed by atoms with E-state index in [2.05, 4.69) is 15.5 Å². The molecule has 0 atom stereocenters. The van der Waals surface area contributed by atoms with Gasteiger partial charge in [0.05, 0.1) is 13.7 Å². The largest absolute Gasteiger partial charge is 0.493 e. The van der Waals surface area contributed by atoms with E-state index in [1.165, 1.54) is 0 Å². The van der Waals surface area contributed by atoms with E-state index in [0.29, 0.717) is 42.7 Å². The lowest BCUT2D eigenvalue weighted by Gasteiger charge is -2.09. The lowest BCUT2D eigenvalue weighted by Crippen LogP contribution is -2.17. The molecule has 0 aliphatic rings. The topological polar surface area (TPSA) is 86.5 Å². The molecule has 1 heterocycles. The molecule has 0 unspecified atom stereocenters. The molecule has 1 N–H and O–H groups in total. The number of aryl methyl sites for hydroxylation is 1. The molecule has 0 bridgehead atoms. The van der Waals surface area contributed by atoms with Crippen molar-refractivity contribution in [3.8, 4) is 22.9 Å². The van der Waals surface area contributed by atoms with Crippen molar-refractivity contribution in [3.05, 3.63) is 24.1 Å². The van der Waals surface area contributed by atoms with Gasteiger partial charge in [-0.25, -0.2) is 0 Å². The van der Waals surface area contributed by atoms with Crippen LogP contribution >= 0.6 is 0 Å². The van der Waals surface area contributed by atoms with Crippen molar-refractivity contribution in [3.63, 3.8) is 0 Å². The van der Waals surface area contributed by atoms with Gasteiger partial charge < -0.3 is 19.3 Å². The number of hydrogen-bond donors (Lipinski definition) is 1. The first kappa shape index (κ1) is 15.8. The zero-order valence-electron chi connectivity index (χ0n) is 12.9. The first-order chi connectivity index (χ1) is 10.7. The number of ether oxygens (including phenoxy) is 2. The van der Waals surface area contributed by atoms with Crippen molar-refractivity contribution in [1.29, 1.82) is 0 Å². The van der Waals surface area contributed by atoms with Gasteiger partial charge in [-0.1, -0.05) is 5.16 Å². The van der Waals surface area contributed by atoms with Crippen LogP contribution in [0.25, 0.3) is 11.4 Å². The van der Waals surface area contributed by atoms with Crippen molar-refractivity contribution < 1.29 is 18.8 Å². The fourth-order valence-corrected chi connectivity index (χ4v) is 1.90. The number of rotatable bonds is 7. The molecule has 0 radical (unpaired) electrons. The standard InChI is InChI=1S/C15H19N3O4/c1-4-21-12-9-10(5-6-11(12)20-3)15-17-14(22-18-15)8-7-13(19)16-2/h5-6,9H,4,7-8H2,1-3H3,(H,16,19). The highest BCUT2D eigenvalue weighted by Crippen LogP contribution is 2.31. The van der Waals surface area contributed by atoms with Crippen LogP contribution in [-0.4, -0.2) is 36.8 Å². The van der Waals surface area contributed by atoms with Crippen LogP contribution in [0.2, 0.25) is 0 Å². The average molecular weight is 305 g/mol.